The minimum Gasteiger partial charge on any atom is -0.493 e. The minimum atomic E-state index is -1.50. The van der Waals surface area contributed by atoms with Crippen molar-refractivity contribution >= 4 is 46.4 Å². The van der Waals surface area contributed by atoms with E-state index in [9.17, 15) is 0 Å². The van der Waals surface area contributed by atoms with Crippen molar-refractivity contribution in [2.75, 3.05) is 6.61 Å². The van der Waals surface area contributed by atoms with Gasteiger partial charge in [0.2, 0.25) is 0 Å². The maximum absolute atomic E-state index is 8.36. The largest absolute Gasteiger partial charge is 0.493 e. The topological polar surface area (TPSA) is 103 Å². The Bertz CT molecular complexity index is 965. The normalized spacial score (nSPS) is 11.4. The van der Waals surface area contributed by atoms with Crippen LogP contribution in [0.5, 0.6) is 5.75 Å². The van der Waals surface area contributed by atoms with Crippen LogP contribution in [-0.2, 0) is 6.54 Å². The maximum Gasteiger partial charge on any atom is 0.291 e. The number of nitrogens with zero attached hydrogens (tertiary/aromatic N) is 4. The summed E-state index contributed by atoms with van der Waals surface area (Å²) in [6.07, 6.45) is 4.89. The van der Waals surface area contributed by atoms with E-state index in [1.54, 1.807) is 35.3 Å². The van der Waals surface area contributed by atoms with Crippen molar-refractivity contribution < 1.29 is 15.0 Å². The van der Waals surface area contributed by atoms with Gasteiger partial charge in [0.15, 0.2) is 0 Å². The number of hydrogen-bond donors (Lipinski definition) is 1. The minimum absolute atomic E-state index is 0.156. The van der Waals surface area contributed by atoms with Gasteiger partial charge in [-0.25, -0.2) is 4.98 Å². The van der Waals surface area contributed by atoms with Gasteiger partial charge in [0.25, 0.3) is 5.09 Å². The van der Waals surface area contributed by atoms with E-state index in [1.807, 2.05) is 12.1 Å². The molecule has 0 amide bonds. The first kappa shape index (κ1) is 25.0. The summed E-state index contributed by atoms with van der Waals surface area (Å²) in [5, 5.41) is 20.2. The number of rotatable bonds is 8. The van der Waals surface area contributed by atoms with E-state index < -0.39 is 5.09 Å². The highest BCUT2D eigenvalue weighted by Crippen LogP contribution is 2.32. The quantitative estimate of drug-likeness (QED) is 0.221. The monoisotopic (exact) mass is 506 g/mol. The maximum atomic E-state index is 8.36. The van der Waals surface area contributed by atoms with Gasteiger partial charge in [-0.1, -0.05) is 52.5 Å². The second kappa shape index (κ2) is 12.6. The average Bonchev–Trinajstić information content (AvgIpc) is 3.16. The van der Waals surface area contributed by atoms with Gasteiger partial charge in [0, 0.05) is 32.6 Å². The van der Waals surface area contributed by atoms with Gasteiger partial charge in [-0.15, -0.1) is 10.1 Å². The third-order valence-electron chi connectivity index (χ3n) is 4.08. The number of hydrogen-bond acceptors (Lipinski definition) is 5. The van der Waals surface area contributed by atoms with E-state index in [2.05, 4.69) is 10.1 Å². The molecule has 3 rings (SSSR count). The highest BCUT2D eigenvalue weighted by Gasteiger charge is 2.16. The zero-order valence-corrected chi connectivity index (χ0v) is 19.0. The van der Waals surface area contributed by atoms with E-state index in [1.165, 1.54) is 6.33 Å². The molecule has 1 heterocycles. The molecule has 31 heavy (non-hydrogen) atoms. The number of aromatic nitrogens is 3. The Kier molecular flexibility index (Phi) is 10.1. The summed E-state index contributed by atoms with van der Waals surface area (Å²) in [7, 11) is 0. The van der Waals surface area contributed by atoms with Crippen molar-refractivity contribution in [3.63, 3.8) is 0 Å². The molecule has 0 aliphatic carbocycles. The second-order valence-corrected chi connectivity index (χ2v) is 8.03. The van der Waals surface area contributed by atoms with E-state index in [0.717, 1.165) is 18.4 Å². The summed E-state index contributed by atoms with van der Waals surface area (Å²) < 4.78 is 7.58. The lowest BCUT2D eigenvalue weighted by molar-refractivity contribution is -0.742. The van der Waals surface area contributed by atoms with Gasteiger partial charge < -0.3 is 9.94 Å². The molecule has 0 spiro atoms. The Morgan fingerprint density at radius 2 is 1.77 bits per heavy atom. The Hall–Kier alpha value is -2.26. The molecule has 0 aliphatic rings. The lowest BCUT2D eigenvalue weighted by Crippen LogP contribution is -2.12. The lowest BCUT2D eigenvalue weighted by Gasteiger charge is -2.19. The summed E-state index contributed by atoms with van der Waals surface area (Å²) >= 11 is 24.4. The molecule has 1 N–H and O–H groups in total. The molecular formula is C19H18Cl4N4O4. The molecule has 0 saturated carbocycles. The van der Waals surface area contributed by atoms with Gasteiger partial charge in [-0.2, -0.15) is 5.10 Å². The van der Waals surface area contributed by atoms with Crippen molar-refractivity contribution in [2.45, 2.75) is 25.3 Å². The molecule has 166 valence electrons. The van der Waals surface area contributed by atoms with Crippen LogP contribution in [0.3, 0.4) is 0 Å². The standard InChI is InChI=1S/C19H17Cl4N3O.HNO3/c20-14-3-4-18(19(23)9-14)13(10-26-12-24-11-25-26)2-1-5-27-17-7-15(21)6-16(22)8-17;2-1(3)4/h3-4,6-9,11-13H,1-2,5,10H2;(H,2,3,4). The van der Waals surface area contributed by atoms with E-state index in [0.29, 0.717) is 39.0 Å². The number of ether oxygens (including phenoxy) is 1. The Balaban J connectivity index is 0.000000785. The fraction of sp³-hybridized carbons (Fsp3) is 0.263. The molecule has 1 unspecified atom stereocenters. The summed E-state index contributed by atoms with van der Waals surface area (Å²) in [5.74, 6) is 0.813. The third-order valence-corrected chi connectivity index (χ3v) is 5.08. The van der Waals surface area contributed by atoms with Crippen LogP contribution in [0.2, 0.25) is 20.1 Å². The molecule has 0 saturated heterocycles. The van der Waals surface area contributed by atoms with Crippen LogP contribution in [0, 0.1) is 10.1 Å². The highest BCUT2D eigenvalue weighted by molar-refractivity contribution is 6.35. The van der Waals surface area contributed by atoms with Crippen LogP contribution in [0.4, 0.5) is 0 Å². The average molecular weight is 508 g/mol. The van der Waals surface area contributed by atoms with Gasteiger partial charge in [-0.05, 0) is 48.7 Å². The second-order valence-electron chi connectivity index (χ2n) is 6.31. The Morgan fingerprint density at radius 3 is 2.35 bits per heavy atom. The van der Waals surface area contributed by atoms with E-state index >= 15 is 0 Å². The first-order chi connectivity index (χ1) is 14.7. The van der Waals surface area contributed by atoms with Crippen molar-refractivity contribution in [1.82, 2.24) is 14.8 Å². The summed E-state index contributed by atoms with van der Waals surface area (Å²) in [6, 6.07) is 10.7. The highest BCUT2D eigenvalue weighted by atomic mass is 35.5. The molecule has 1 aromatic heterocycles. The van der Waals surface area contributed by atoms with Crippen molar-refractivity contribution in [3.05, 3.63) is 84.8 Å². The zero-order chi connectivity index (χ0) is 22.8. The Morgan fingerprint density at radius 1 is 1.10 bits per heavy atom. The molecule has 0 aliphatic heterocycles. The van der Waals surface area contributed by atoms with Gasteiger partial charge >= 0.3 is 0 Å². The summed E-state index contributed by atoms with van der Waals surface area (Å²) in [6.45, 7) is 1.21. The molecule has 0 radical (unpaired) electrons. The SMILES string of the molecule is Clc1cc(Cl)cc(OCCCC(Cn2cncn2)c2ccc(Cl)cc2Cl)c1.O=[N+]([O-])O. The zero-order valence-electron chi connectivity index (χ0n) is 16.0. The van der Waals surface area contributed by atoms with Crippen LogP contribution < -0.4 is 4.74 Å². The first-order valence-electron chi connectivity index (χ1n) is 8.94. The Labute approximate surface area is 198 Å². The van der Waals surface area contributed by atoms with Crippen LogP contribution in [-0.4, -0.2) is 31.7 Å². The molecule has 1 atom stereocenters. The van der Waals surface area contributed by atoms with Crippen molar-refractivity contribution in [2.24, 2.45) is 0 Å². The van der Waals surface area contributed by atoms with Crippen LogP contribution >= 0.6 is 46.4 Å². The smallest absolute Gasteiger partial charge is 0.291 e. The molecule has 8 nitrogen and oxygen atoms in total. The van der Waals surface area contributed by atoms with Crippen molar-refractivity contribution in [3.8, 4) is 5.75 Å². The fourth-order valence-corrected chi connectivity index (χ4v) is 3.93. The van der Waals surface area contributed by atoms with Gasteiger partial charge in [0.05, 0.1) is 6.61 Å². The molecule has 2 aromatic carbocycles. The predicted octanol–water partition coefficient (Wildman–Crippen LogP) is 6.19. The summed E-state index contributed by atoms with van der Waals surface area (Å²) in [5.41, 5.74) is 1.03. The lowest BCUT2D eigenvalue weighted by atomic mass is 9.94. The molecule has 3 aromatic rings. The van der Waals surface area contributed by atoms with Gasteiger partial charge in [0.1, 0.15) is 18.4 Å². The van der Waals surface area contributed by atoms with Gasteiger partial charge in [-0.3, -0.25) is 4.68 Å². The molecule has 0 fully saturated rings. The van der Waals surface area contributed by atoms with E-state index in [4.69, 9.17) is 66.5 Å². The van der Waals surface area contributed by atoms with E-state index in [-0.39, 0.29) is 5.92 Å². The van der Waals surface area contributed by atoms with Crippen LogP contribution in [0.25, 0.3) is 0 Å². The number of benzene rings is 2. The van der Waals surface area contributed by atoms with Crippen LogP contribution in [0.1, 0.15) is 24.3 Å². The summed E-state index contributed by atoms with van der Waals surface area (Å²) in [4.78, 5) is 12.4. The number of halogens is 4. The molecule has 0 bridgehead atoms. The fourth-order valence-electron chi connectivity index (χ4n) is 2.86. The molecule has 12 heteroatoms. The first-order valence-corrected chi connectivity index (χ1v) is 10.5. The van der Waals surface area contributed by atoms with Crippen LogP contribution in [0.15, 0.2) is 49.1 Å². The van der Waals surface area contributed by atoms with Crippen molar-refractivity contribution in [1.29, 1.82) is 0 Å². The molecular weight excluding hydrogens is 490 g/mol. The predicted molar refractivity (Wildman–Crippen MR) is 119 cm³/mol. The third kappa shape index (κ3) is 9.18.